The second kappa shape index (κ2) is 9.93. The zero-order valence-corrected chi connectivity index (χ0v) is 22.0. The number of hydrogen-bond donors (Lipinski definition) is 2. The van der Waals surface area contributed by atoms with Crippen LogP contribution in [0.5, 0.6) is 0 Å². The minimum Gasteiger partial charge on any atom is -0.358 e. The van der Waals surface area contributed by atoms with E-state index in [4.69, 9.17) is 23.2 Å². The van der Waals surface area contributed by atoms with Crippen molar-refractivity contribution in [3.05, 3.63) is 52.1 Å². The first kappa shape index (κ1) is 28.0. The summed E-state index contributed by atoms with van der Waals surface area (Å²) in [5.74, 6) is -2.08. The molecule has 0 spiro atoms. The number of carbonyl (C=O) groups is 1. The number of aromatic nitrogens is 1. The van der Waals surface area contributed by atoms with E-state index in [1.54, 1.807) is 6.07 Å². The Morgan fingerprint density at radius 2 is 1.68 bits per heavy atom. The van der Waals surface area contributed by atoms with Gasteiger partial charge in [0.15, 0.2) is 0 Å². The molecule has 2 N–H and O–H groups in total. The van der Waals surface area contributed by atoms with Gasteiger partial charge in [-0.15, -0.1) is 0 Å². The number of H-pyrrole nitrogens is 1. The van der Waals surface area contributed by atoms with Gasteiger partial charge in [-0.25, -0.2) is 16.8 Å². The molecule has 1 aliphatic rings. The Labute approximate surface area is 224 Å². The third-order valence-corrected chi connectivity index (χ3v) is 9.68. The molecule has 0 radical (unpaired) electrons. The van der Waals surface area contributed by atoms with Crippen molar-refractivity contribution in [2.45, 2.75) is 16.0 Å². The van der Waals surface area contributed by atoms with E-state index < -0.39 is 73.7 Å². The van der Waals surface area contributed by atoms with Crippen LogP contribution in [-0.2, 0) is 24.8 Å². The van der Waals surface area contributed by atoms with E-state index in [0.29, 0.717) is 15.8 Å². The number of nitrogens with one attached hydrogen (secondary N) is 2. The molecule has 10 nitrogen and oxygen atoms in total. The standard InChI is InChI=1S/C21H16Cl2F3N5O5S2/c22-14-2-3-16(19-18(14)15(23)11-28-19)29-37(33,34)13-1-4-17(12(9-13)10-27)38(35,36)31-7-5-30(6-8-31)20(32)21(24,25)26/h1-4,9,11,28-29H,5-8H2. The van der Waals surface area contributed by atoms with E-state index in [1.807, 2.05) is 0 Å². The van der Waals surface area contributed by atoms with Crippen LogP contribution in [0.25, 0.3) is 10.9 Å². The summed E-state index contributed by atoms with van der Waals surface area (Å²) in [5.41, 5.74) is -0.0995. The van der Waals surface area contributed by atoms with Gasteiger partial charge in [0, 0.05) is 37.8 Å². The summed E-state index contributed by atoms with van der Waals surface area (Å²) in [5, 5.41) is 10.5. The molecular formula is C21H16Cl2F3N5O5S2. The molecule has 202 valence electrons. The van der Waals surface area contributed by atoms with Crippen molar-refractivity contribution in [3.63, 3.8) is 0 Å². The van der Waals surface area contributed by atoms with Gasteiger partial charge in [0.05, 0.1) is 31.7 Å². The number of hydrogen-bond acceptors (Lipinski definition) is 6. The second-order valence-electron chi connectivity index (χ2n) is 8.05. The lowest BCUT2D eigenvalue weighted by atomic mass is 10.2. The number of aromatic amines is 1. The zero-order valence-electron chi connectivity index (χ0n) is 18.9. The minimum atomic E-state index is -5.09. The van der Waals surface area contributed by atoms with E-state index in [1.165, 1.54) is 18.3 Å². The Morgan fingerprint density at radius 3 is 2.29 bits per heavy atom. The predicted molar refractivity (Wildman–Crippen MR) is 132 cm³/mol. The fourth-order valence-corrected chi connectivity index (χ4v) is 7.10. The van der Waals surface area contributed by atoms with Crippen LogP contribution in [0.15, 0.2) is 46.3 Å². The highest BCUT2D eigenvalue weighted by Gasteiger charge is 2.44. The number of alkyl halides is 3. The van der Waals surface area contributed by atoms with Gasteiger partial charge < -0.3 is 9.88 Å². The van der Waals surface area contributed by atoms with Crippen LogP contribution < -0.4 is 4.72 Å². The number of halogens is 5. The van der Waals surface area contributed by atoms with Crippen LogP contribution in [0.1, 0.15) is 5.56 Å². The SMILES string of the molecule is N#Cc1cc(S(=O)(=O)Nc2ccc(Cl)c3c(Cl)c[nH]c23)ccc1S(=O)(=O)N1CCN(C(=O)C(F)(F)F)CC1. The molecule has 0 saturated carbocycles. The third-order valence-electron chi connectivity index (χ3n) is 5.75. The molecule has 1 amide bonds. The Bertz CT molecular complexity index is 1690. The number of amides is 1. The van der Waals surface area contributed by atoms with E-state index >= 15 is 0 Å². The Morgan fingerprint density at radius 1 is 1.03 bits per heavy atom. The van der Waals surface area contributed by atoms with Crippen molar-refractivity contribution in [1.29, 1.82) is 5.26 Å². The zero-order chi connectivity index (χ0) is 28.0. The lowest BCUT2D eigenvalue weighted by molar-refractivity contribution is -0.186. The first-order valence-electron chi connectivity index (χ1n) is 10.5. The number of sulfonamides is 2. The van der Waals surface area contributed by atoms with Crippen molar-refractivity contribution >= 4 is 65.7 Å². The first-order valence-corrected chi connectivity index (χ1v) is 14.2. The maximum atomic E-state index is 13.1. The highest BCUT2D eigenvalue weighted by Crippen LogP contribution is 2.35. The van der Waals surface area contributed by atoms with Gasteiger partial charge in [0.25, 0.3) is 10.0 Å². The van der Waals surface area contributed by atoms with E-state index in [9.17, 15) is 40.1 Å². The third kappa shape index (κ3) is 5.14. The predicted octanol–water partition coefficient (Wildman–Crippen LogP) is 3.54. The monoisotopic (exact) mass is 609 g/mol. The minimum absolute atomic E-state index is 0.0952. The van der Waals surface area contributed by atoms with Crippen LogP contribution >= 0.6 is 23.2 Å². The molecule has 0 aliphatic carbocycles. The van der Waals surface area contributed by atoms with Crippen LogP contribution in [0.2, 0.25) is 10.0 Å². The summed E-state index contributed by atoms with van der Waals surface area (Å²) in [6.45, 7) is -1.90. The van der Waals surface area contributed by atoms with Crippen molar-refractivity contribution in [2.75, 3.05) is 30.9 Å². The summed E-state index contributed by atoms with van der Waals surface area (Å²) in [6.07, 6.45) is -3.67. The summed E-state index contributed by atoms with van der Waals surface area (Å²) in [4.78, 5) is 13.8. The maximum absolute atomic E-state index is 13.1. The fraction of sp³-hybridized carbons (Fsp3) is 0.238. The number of benzene rings is 2. The number of fused-ring (bicyclic) bond motifs is 1. The maximum Gasteiger partial charge on any atom is 0.471 e. The molecule has 0 unspecified atom stereocenters. The summed E-state index contributed by atoms with van der Waals surface area (Å²) in [6, 6.07) is 7.25. The largest absolute Gasteiger partial charge is 0.471 e. The van der Waals surface area contributed by atoms with Crippen molar-refractivity contribution in [1.82, 2.24) is 14.2 Å². The number of nitriles is 1. The van der Waals surface area contributed by atoms with Crippen molar-refractivity contribution in [2.24, 2.45) is 0 Å². The molecule has 1 aromatic heterocycles. The van der Waals surface area contributed by atoms with Crippen LogP contribution in [0.4, 0.5) is 18.9 Å². The molecule has 2 heterocycles. The number of rotatable bonds is 5. The Balaban J connectivity index is 1.60. The van der Waals surface area contributed by atoms with Crippen LogP contribution in [0, 0.1) is 11.3 Å². The first-order chi connectivity index (χ1) is 17.7. The lowest BCUT2D eigenvalue weighted by Crippen LogP contribution is -2.53. The molecule has 4 rings (SSSR count). The van der Waals surface area contributed by atoms with E-state index in [-0.39, 0.29) is 15.7 Å². The summed E-state index contributed by atoms with van der Waals surface area (Å²) < 4.78 is 93.6. The number of anilines is 1. The quantitative estimate of drug-likeness (QED) is 0.453. The fourth-order valence-electron chi connectivity index (χ4n) is 3.90. The van der Waals surface area contributed by atoms with Gasteiger partial charge >= 0.3 is 12.1 Å². The molecule has 3 aromatic rings. The molecule has 1 saturated heterocycles. The van der Waals surface area contributed by atoms with Crippen LogP contribution in [-0.4, -0.2) is 69.3 Å². The van der Waals surface area contributed by atoms with Gasteiger partial charge in [0.1, 0.15) is 11.0 Å². The molecular weight excluding hydrogens is 594 g/mol. The van der Waals surface area contributed by atoms with Gasteiger partial charge in [-0.1, -0.05) is 23.2 Å². The topological polar surface area (TPSA) is 143 Å². The van der Waals surface area contributed by atoms with Gasteiger partial charge in [0.2, 0.25) is 10.0 Å². The number of piperazine rings is 1. The second-order valence-corrected chi connectivity index (χ2v) is 12.5. The van der Waals surface area contributed by atoms with Gasteiger partial charge in [-0.3, -0.25) is 9.52 Å². The lowest BCUT2D eigenvalue weighted by Gasteiger charge is -2.34. The number of nitrogens with zero attached hydrogens (tertiary/aromatic N) is 3. The number of carbonyl (C=O) groups excluding carboxylic acids is 1. The van der Waals surface area contributed by atoms with Gasteiger partial charge in [-0.2, -0.15) is 22.7 Å². The molecule has 1 fully saturated rings. The molecule has 0 bridgehead atoms. The molecule has 38 heavy (non-hydrogen) atoms. The highest BCUT2D eigenvalue weighted by atomic mass is 35.5. The van der Waals surface area contributed by atoms with E-state index in [2.05, 4.69) is 9.71 Å². The molecule has 0 atom stereocenters. The Hall–Kier alpha value is -3.03. The molecule has 17 heteroatoms. The highest BCUT2D eigenvalue weighted by molar-refractivity contribution is 7.92. The summed E-state index contributed by atoms with van der Waals surface area (Å²) in [7, 11) is -8.72. The Kier molecular flexibility index (Phi) is 7.32. The average molecular weight is 610 g/mol. The van der Waals surface area contributed by atoms with Crippen molar-refractivity contribution < 1.29 is 34.8 Å². The van der Waals surface area contributed by atoms with Gasteiger partial charge in [-0.05, 0) is 30.3 Å². The molecule has 2 aromatic carbocycles. The average Bonchev–Trinajstić information content (AvgIpc) is 3.27. The van der Waals surface area contributed by atoms with Crippen molar-refractivity contribution in [3.8, 4) is 6.07 Å². The molecule has 1 aliphatic heterocycles. The normalized spacial score (nSPS) is 15.4. The smallest absolute Gasteiger partial charge is 0.358 e. The van der Waals surface area contributed by atoms with Crippen LogP contribution in [0.3, 0.4) is 0 Å². The van der Waals surface area contributed by atoms with E-state index in [0.717, 1.165) is 22.5 Å². The summed E-state index contributed by atoms with van der Waals surface area (Å²) >= 11 is 12.2.